The predicted octanol–water partition coefficient (Wildman–Crippen LogP) is 3.78. The van der Waals surface area contributed by atoms with Crippen molar-refractivity contribution >= 4 is 49.1 Å². The predicted molar refractivity (Wildman–Crippen MR) is 83.0 cm³/mol. The number of carbonyl (C=O) groups excluding carboxylic acids is 1. The highest BCUT2D eigenvalue weighted by atomic mass is 79.9. The van der Waals surface area contributed by atoms with Crippen molar-refractivity contribution in [3.05, 3.63) is 41.6 Å². The number of halogens is 2. The van der Waals surface area contributed by atoms with Gasteiger partial charge < -0.3 is 4.90 Å². The number of hydrogen-bond acceptors (Lipinski definition) is 4. The second-order valence-electron chi connectivity index (χ2n) is 4.50. The third-order valence-corrected chi connectivity index (χ3v) is 4.30. The van der Waals surface area contributed by atoms with Gasteiger partial charge in [-0.25, -0.2) is 0 Å². The van der Waals surface area contributed by atoms with Crippen molar-refractivity contribution < 1.29 is 9.72 Å². The van der Waals surface area contributed by atoms with Crippen LogP contribution in [0.5, 0.6) is 0 Å². The summed E-state index contributed by atoms with van der Waals surface area (Å²) in [5.41, 5.74) is 8.80. The standard InChI is InChI=1S/C11H9Br2N5O3/c12-8-2-7(18(20)21)3-9(13)11(8)17-5-6(1-10(17)19)4-15-16-14/h2-3,6H,1,4-5H2. The number of hydrogen-bond donors (Lipinski definition) is 0. The van der Waals surface area contributed by atoms with E-state index in [1.807, 2.05) is 0 Å². The topological polar surface area (TPSA) is 112 Å². The zero-order valence-corrected chi connectivity index (χ0v) is 13.7. The van der Waals surface area contributed by atoms with Gasteiger partial charge in [0.2, 0.25) is 5.91 Å². The molecule has 0 saturated carbocycles. The fourth-order valence-corrected chi connectivity index (χ4v) is 3.78. The highest BCUT2D eigenvalue weighted by Gasteiger charge is 2.33. The molecule has 21 heavy (non-hydrogen) atoms. The van der Waals surface area contributed by atoms with E-state index < -0.39 is 4.92 Å². The molecular formula is C11H9Br2N5O3. The summed E-state index contributed by atoms with van der Waals surface area (Å²) in [6.45, 7) is 0.661. The number of nitro benzene ring substituents is 1. The lowest BCUT2D eigenvalue weighted by Gasteiger charge is -2.19. The Balaban J connectivity index is 2.32. The van der Waals surface area contributed by atoms with Crippen LogP contribution in [0.15, 0.2) is 26.2 Å². The Labute approximate surface area is 136 Å². The maximum atomic E-state index is 12.1. The van der Waals surface area contributed by atoms with Crippen molar-refractivity contribution in [2.45, 2.75) is 6.42 Å². The van der Waals surface area contributed by atoms with Crippen LogP contribution >= 0.6 is 31.9 Å². The van der Waals surface area contributed by atoms with Crippen molar-refractivity contribution in [1.82, 2.24) is 0 Å². The Bertz CT molecular complexity index is 636. The van der Waals surface area contributed by atoms with Crippen molar-refractivity contribution in [1.29, 1.82) is 0 Å². The normalized spacial score (nSPS) is 17.7. The zero-order chi connectivity index (χ0) is 15.6. The molecule has 1 fully saturated rings. The molecule has 10 heteroatoms. The Morgan fingerprint density at radius 3 is 2.62 bits per heavy atom. The number of nitrogens with zero attached hydrogens (tertiary/aromatic N) is 5. The number of carbonyl (C=O) groups is 1. The van der Waals surface area contributed by atoms with Gasteiger partial charge in [-0.05, 0) is 43.3 Å². The molecule has 1 aliphatic heterocycles. The average Bonchev–Trinajstić information content (AvgIpc) is 2.76. The smallest absolute Gasteiger partial charge is 0.271 e. The molecule has 1 unspecified atom stereocenters. The lowest BCUT2D eigenvalue weighted by Crippen LogP contribution is -2.25. The first-order chi connectivity index (χ1) is 9.93. The zero-order valence-electron chi connectivity index (χ0n) is 10.6. The summed E-state index contributed by atoms with van der Waals surface area (Å²) >= 11 is 6.53. The van der Waals surface area contributed by atoms with Crippen LogP contribution in [0.1, 0.15) is 6.42 Å². The van der Waals surface area contributed by atoms with Crippen molar-refractivity contribution in [2.24, 2.45) is 11.0 Å². The van der Waals surface area contributed by atoms with Crippen molar-refractivity contribution in [2.75, 3.05) is 18.0 Å². The SMILES string of the molecule is [N-]=[N+]=NCC1CC(=O)N(c2c(Br)cc([N+](=O)[O-])cc2Br)C1. The van der Waals surface area contributed by atoms with E-state index in [0.717, 1.165) is 0 Å². The maximum absolute atomic E-state index is 12.1. The average molecular weight is 419 g/mol. The molecule has 1 aliphatic rings. The first-order valence-electron chi connectivity index (χ1n) is 5.88. The fraction of sp³-hybridized carbons (Fsp3) is 0.364. The van der Waals surface area contributed by atoms with E-state index in [4.69, 9.17) is 5.53 Å². The van der Waals surface area contributed by atoms with Crippen molar-refractivity contribution in [3.63, 3.8) is 0 Å². The van der Waals surface area contributed by atoms with Gasteiger partial charge in [-0.2, -0.15) is 0 Å². The molecule has 8 nitrogen and oxygen atoms in total. The number of rotatable bonds is 4. The van der Waals surface area contributed by atoms with E-state index >= 15 is 0 Å². The molecule has 1 aromatic carbocycles. The molecule has 0 bridgehead atoms. The lowest BCUT2D eigenvalue weighted by molar-refractivity contribution is -0.385. The van der Waals surface area contributed by atoms with Gasteiger partial charge in [0.15, 0.2) is 0 Å². The number of anilines is 1. The van der Waals surface area contributed by atoms with E-state index in [1.54, 1.807) is 0 Å². The van der Waals surface area contributed by atoms with Crippen LogP contribution in [0.25, 0.3) is 10.4 Å². The molecule has 2 rings (SSSR count). The first-order valence-corrected chi connectivity index (χ1v) is 7.47. The first kappa shape index (κ1) is 15.7. The molecule has 0 N–H and O–H groups in total. The Morgan fingerprint density at radius 1 is 1.48 bits per heavy atom. The third kappa shape index (κ3) is 3.34. The minimum absolute atomic E-state index is 0.0533. The second kappa shape index (κ2) is 6.42. The van der Waals surface area contributed by atoms with Gasteiger partial charge in [0, 0.05) is 45.5 Å². The summed E-state index contributed by atoms with van der Waals surface area (Å²) < 4.78 is 0.919. The second-order valence-corrected chi connectivity index (χ2v) is 6.21. The van der Waals surface area contributed by atoms with Gasteiger partial charge in [-0.3, -0.25) is 14.9 Å². The summed E-state index contributed by atoms with van der Waals surface area (Å²) in [5, 5.41) is 14.3. The highest BCUT2D eigenvalue weighted by molar-refractivity contribution is 9.11. The van der Waals surface area contributed by atoms with Gasteiger partial charge in [-0.15, -0.1) is 0 Å². The minimum Gasteiger partial charge on any atom is -0.310 e. The molecule has 0 aliphatic carbocycles. The van der Waals surface area contributed by atoms with E-state index in [2.05, 4.69) is 41.9 Å². The molecule has 1 atom stereocenters. The van der Waals surface area contributed by atoms with Crippen LogP contribution < -0.4 is 4.90 Å². The molecule has 1 aromatic rings. The summed E-state index contributed by atoms with van der Waals surface area (Å²) in [7, 11) is 0. The van der Waals surface area contributed by atoms with Gasteiger partial charge in [-0.1, -0.05) is 5.11 Å². The van der Waals surface area contributed by atoms with Crippen LogP contribution in [0.3, 0.4) is 0 Å². The molecule has 0 radical (unpaired) electrons. The maximum Gasteiger partial charge on any atom is 0.271 e. The van der Waals surface area contributed by atoms with E-state index in [9.17, 15) is 14.9 Å². The van der Waals surface area contributed by atoms with Crippen LogP contribution in [0.4, 0.5) is 11.4 Å². The minimum atomic E-state index is -0.504. The number of non-ortho nitro benzene ring substituents is 1. The summed E-state index contributed by atoms with van der Waals surface area (Å²) in [6.07, 6.45) is 0.287. The van der Waals surface area contributed by atoms with Crippen LogP contribution in [0.2, 0.25) is 0 Å². The number of amides is 1. The molecule has 0 spiro atoms. The lowest BCUT2D eigenvalue weighted by atomic mass is 10.1. The van der Waals surface area contributed by atoms with Gasteiger partial charge in [0.1, 0.15) is 0 Å². The summed E-state index contributed by atoms with van der Waals surface area (Å²) in [5.74, 6) is -0.161. The molecule has 1 saturated heterocycles. The molecule has 0 aromatic heterocycles. The third-order valence-electron chi connectivity index (χ3n) is 3.09. The molecular weight excluding hydrogens is 410 g/mol. The fourth-order valence-electron chi connectivity index (χ4n) is 2.19. The van der Waals surface area contributed by atoms with Gasteiger partial charge >= 0.3 is 0 Å². The summed E-state index contributed by atoms with van der Waals surface area (Å²) in [4.78, 5) is 26.6. The number of azide groups is 1. The van der Waals surface area contributed by atoms with E-state index in [1.165, 1.54) is 17.0 Å². The number of benzene rings is 1. The van der Waals surface area contributed by atoms with Crippen LogP contribution in [-0.2, 0) is 4.79 Å². The molecule has 1 amide bonds. The van der Waals surface area contributed by atoms with Gasteiger partial charge in [0.05, 0.1) is 10.6 Å². The van der Waals surface area contributed by atoms with E-state index in [0.29, 0.717) is 21.2 Å². The largest absolute Gasteiger partial charge is 0.310 e. The Morgan fingerprint density at radius 2 is 2.10 bits per heavy atom. The van der Waals surface area contributed by atoms with Crippen molar-refractivity contribution in [3.8, 4) is 0 Å². The summed E-state index contributed by atoms with van der Waals surface area (Å²) in [6, 6.07) is 2.71. The molecule has 110 valence electrons. The Hall–Kier alpha value is -1.64. The van der Waals surface area contributed by atoms with Gasteiger partial charge in [0.25, 0.3) is 5.69 Å². The number of nitro groups is 1. The monoisotopic (exact) mass is 417 g/mol. The van der Waals surface area contributed by atoms with Crippen LogP contribution in [-0.4, -0.2) is 23.9 Å². The molecule has 1 heterocycles. The highest BCUT2D eigenvalue weighted by Crippen LogP contribution is 2.40. The van der Waals surface area contributed by atoms with Crippen LogP contribution in [0, 0.1) is 16.0 Å². The Kier molecular flexibility index (Phi) is 4.81. The van der Waals surface area contributed by atoms with E-state index in [-0.39, 0.29) is 30.5 Å². The quantitative estimate of drug-likeness (QED) is 0.243.